The van der Waals surface area contributed by atoms with Crippen molar-refractivity contribution in [1.82, 2.24) is 10.6 Å². The lowest BCUT2D eigenvalue weighted by Gasteiger charge is -2.13. The molecule has 1 rings (SSSR count). The van der Waals surface area contributed by atoms with Crippen molar-refractivity contribution >= 4 is 24.3 Å². The van der Waals surface area contributed by atoms with Crippen LogP contribution in [-0.2, 0) is 19.1 Å². The zero-order chi connectivity index (χ0) is 15.0. The molecule has 0 saturated carbocycles. The van der Waals surface area contributed by atoms with Crippen LogP contribution in [0.25, 0.3) is 10.4 Å². The first kappa shape index (κ1) is 15.0. The monoisotopic (exact) mass is 281 g/mol. The van der Waals surface area contributed by atoms with Crippen LogP contribution < -0.4 is 10.6 Å². The van der Waals surface area contributed by atoms with Gasteiger partial charge >= 0.3 is 5.97 Å². The van der Waals surface area contributed by atoms with Crippen molar-refractivity contribution in [2.45, 2.75) is 6.35 Å². The molecule has 1 atom stereocenters. The molecule has 1 aliphatic rings. The van der Waals surface area contributed by atoms with Gasteiger partial charge in [0.15, 0.2) is 0 Å². The minimum atomic E-state index is -1.07. The SMILES string of the molecule is [N-]=[N+]=NCC(=O)NC1NC(C=N)=C(C(=O)OCC=N)O1. The topological polar surface area (TPSA) is 173 Å². The maximum absolute atomic E-state index is 11.5. The number of nitrogens with one attached hydrogen (secondary N) is 4. The van der Waals surface area contributed by atoms with E-state index in [0.29, 0.717) is 0 Å². The maximum atomic E-state index is 11.5. The number of amides is 1. The van der Waals surface area contributed by atoms with Gasteiger partial charge in [0.2, 0.25) is 11.7 Å². The van der Waals surface area contributed by atoms with Gasteiger partial charge in [-0.15, -0.1) is 0 Å². The van der Waals surface area contributed by atoms with Gasteiger partial charge in [-0.25, -0.2) is 4.79 Å². The lowest BCUT2D eigenvalue weighted by Crippen LogP contribution is -2.44. The number of esters is 1. The van der Waals surface area contributed by atoms with Crippen molar-refractivity contribution < 1.29 is 19.1 Å². The van der Waals surface area contributed by atoms with Gasteiger partial charge in [-0.2, -0.15) is 0 Å². The Hall–Kier alpha value is -3.07. The number of hydrogen-bond acceptors (Lipinski definition) is 8. The first-order valence-electron chi connectivity index (χ1n) is 5.26. The third-order valence-electron chi connectivity index (χ3n) is 1.96. The Morgan fingerprint density at radius 1 is 1.60 bits per heavy atom. The minimum absolute atomic E-state index is 0.0223. The van der Waals surface area contributed by atoms with Gasteiger partial charge in [0.25, 0.3) is 6.35 Å². The molecule has 0 saturated heterocycles. The van der Waals surface area contributed by atoms with Gasteiger partial charge < -0.3 is 30.9 Å². The molecule has 1 amide bonds. The second-order valence-corrected chi connectivity index (χ2v) is 3.29. The van der Waals surface area contributed by atoms with Crippen molar-refractivity contribution in [3.05, 3.63) is 21.9 Å². The summed E-state index contributed by atoms with van der Waals surface area (Å²) in [6, 6.07) is 0. The second kappa shape index (κ2) is 7.38. The molecular weight excluding hydrogens is 270 g/mol. The third kappa shape index (κ3) is 3.99. The standard InChI is InChI=1S/C9H11N7O4/c10-1-2-19-8(18)7-5(3-11)14-9(20-7)15-6(17)4-13-16-12/h1,3,9-11,14H,2,4H2,(H,15,17). The fourth-order valence-electron chi connectivity index (χ4n) is 1.22. The molecule has 4 N–H and O–H groups in total. The zero-order valence-electron chi connectivity index (χ0n) is 10.1. The molecule has 20 heavy (non-hydrogen) atoms. The highest BCUT2D eigenvalue weighted by atomic mass is 16.6. The van der Waals surface area contributed by atoms with Crippen molar-refractivity contribution in [2.75, 3.05) is 13.2 Å². The average Bonchev–Trinajstić information content (AvgIpc) is 2.85. The van der Waals surface area contributed by atoms with Gasteiger partial charge in [0, 0.05) is 17.3 Å². The summed E-state index contributed by atoms with van der Waals surface area (Å²) in [5, 5.41) is 21.8. The first-order chi connectivity index (χ1) is 9.62. The highest BCUT2D eigenvalue weighted by Gasteiger charge is 2.30. The van der Waals surface area contributed by atoms with Gasteiger partial charge in [-0.05, 0) is 5.53 Å². The number of azide groups is 1. The van der Waals surface area contributed by atoms with Gasteiger partial charge in [-0.3, -0.25) is 4.79 Å². The van der Waals surface area contributed by atoms with Crippen molar-refractivity contribution in [3.63, 3.8) is 0 Å². The van der Waals surface area contributed by atoms with Crippen molar-refractivity contribution in [2.24, 2.45) is 5.11 Å². The van der Waals surface area contributed by atoms with Crippen LogP contribution in [0.1, 0.15) is 0 Å². The average molecular weight is 281 g/mol. The summed E-state index contributed by atoms with van der Waals surface area (Å²) in [7, 11) is 0. The number of nitrogens with zero attached hydrogens (tertiary/aromatic N) is 3. The minimum Gasteiger partial charge on any atom is -0.454 e. The zero-order valence-corrected chi connectivity index (χ0v) is 10.1. The molecule has 0 spiro atoms. The van der Waals surface area contributed by atoms with E-state index in [1.54, 1.807) is 0 Å². The van der Waals surface area contributed by atoms with Crippen LogP contribution in [0.4, 0.5) is 0 Å². The van der Waals surface area contributed by atoms with Crippen LogP contribution in [0.2, 0.25) is 0 Å². The Morgan fingerprint density at radius 2 is 2.35 bits per heavy atom. The second-order valence-electron chi connectivity index (χ2n) is 3.29. The Kier molecular flexibility index (Phi) is 5.53. The fourth-order valence-corrected chi connectivity index (χ4v) is 1.22. The van der Waals surface area contributed by atoms with Crippen LogP contribution >= 0.6 is 0 Å². The molecule has 0 aromatic heterocycles. The molecule has 0 aromatic rings. The molecule has 1 unspecified atom stereocenters. The van der Waals surface area contributed by atoms with E-state index in [9.17, 15) is 9.59 Å². The summed E-state index contributed by atoms with van der Waals surface area (Å²) >= 11 is 0. The molecule has 1 aliphatic heterocycles. The molecule has 0 aliphatic carbocycles. The summed E-state index contributed by atoms with van der Waals surface area (Å²) in [6.45, 7) is -0.656. The lowest BCUT2D eigenvalue weighted by atomic mass is 10.4. The van der Waals surface area contributed by atoms with E-state index in [2.05, 4.69) is 25.4 Å². The van der Waals surface area contributed by atoms with E-state index in [1.165, 1.54) is 0 Å². The quantitative estimate of drug-likeness (QED) is 0.159. The predicted octanol–water partition coefficient (Wildman–Crippen LogP) is -0.630. The van der Waals surface area contributed by atoms with E-state index in [0.717, 1.165) is 12.4 Å². The van der Waals surface area contributed by atoms with Crippen LogP contribution in [-0.4, -0.2) is 43.8 Å². The van der Waals surface area contributed by atoms with E-state index in [4.69, 9.17) is 21.1 Å². The van der Waals surface area contributed by atoms with Gasteiger partial charge in [0.05, 0.1) is 0 Å². The van der Waals surface area contributed by atoms with Crippen LogP contribution in [0, 0.1) is 10.8 Å². The summed E-state index contributed by atoms with van der Waals surface area (Å²) in [6.07, 6.45) is 0.625. The van der Waals surface area contributed by atoms with E-state index < -0.39 is 24.8 Å². The summed E-state index contributed by atoms with van der Waals surface area (Å²) in [5.74, 6) is -1.78. The van der Waals surface area contributed by atoms with Crippen LogP contribution in [0.15, 0.2) is 16.6 Å². The maximum Gasteiger partial charge on any atom is 0.376 e. The van der Waals surface area contributed by atoms with E-state index >= 15 is 0 Å². The van der Waals surface area contributed by atoms with Crippen LogP contribution in [0.3, 0.4) is 0 Å². The molecule has 0 aromatic carbocycles. The van der Waals surface area contributed by atoms with E-state index in [-0.39, 0.29) is 18.1 Å². The summed E-state index contributed by atoms with van der Waals surface area (Å²) in [5.41, 5.74) is 8.09. The molecule has 0 radical (unpaired) electrons. The van der Waals surface area contributed by atoms with Gasteiger partial charge in [0.1, 0.15) is 18.8 Å². The largest absolute Gasteiger partial charge is 0.454 e. The molecule has 0 fully saturated rings. The molecule has 1 heterocycles. The fraction of sp³-hybridized carbons (Fsp3) is 0.333. The highest BCUT2D eigenvalue weighted by Crippen LogP contribution is 2.14. The smallest absolute Gasteiger partial charge is 0.376 e. The molecule has 11 heteroatoms. The predicted molar refractivity (Wildman–Crippen MR) is 65.7 cm³/mol. The Balaban J connectivity index is 2.62. The summed E-state index contributed by atoms with van der Waals surface area (Å²) in [4.78, 5) is 25.2. The molecule has 11 nitrogen and oxygen atoms in total. The van der Waals surface area contributed by atoms with Crippen molar-refractivity contribution in [3.8, 4) is 0 Å². The number of allylic oxidation sites excluding steroid dienone is 1. The normalized spacial score (nSPS) is 16.3. The Bertz CT molecular complexity index is 508. The van der Waals surface area contributed by atoms with E-state index in [1.807, 2.05) is 0 Å². The van der Waals surface area contributed by atoms with Crippen molar-refractivity contribution in [1.29, 1.82) is 10.8 Å². The Morgan fingerprint density at radius 3 is 2.95 bits per heavy atom. The number of rotatable bonds is 7. The lowest BCUT2D eigenvalue weighted by molar-refractivity contribution is -0.143. The summed E-state index contributed by atoms with van der Waals surface area (Å²) < 4.78 is 9.71. The van der Waals surface area contributed by atoms with Gasteiger partial charge in [-0.1, -0.05) is 5.11 Å². The number of hydrogen-bond donors (Lipinski definition) is 4. The highest BCUT2D eigenvalue weighted by molar-refractivity contribution is 5.95. The Labute approximate surface area is 112 Å². The molecule has 106 valence electrons. The molecule has 0 bridgehead atoms. The van der Waals surface area contributed by atoms with Crippen LogP contribution in [0.5, 0.6) is 0 Å². The number of ether oxygens (including phenoxy) is 2. The third-order valence-corrected chi connectivity index (χ3v) is 1.96. The molecular formula is C9H11N7O4. The first-order valence-corrected chi connectivity index (χ1v) is 5.26. The number of carbonyl (C=O) groups excluding carboxylic acids is 2. The number of carbonyl (C=O) groups is 2.